The third-order valence-electron chi connectivity index (χ3n) is 2.94. The lowest BCUT2D eigenvalue weighted by Gasteiger charge is -2.11. The van der Waals surface area contributed by atoms with Crippen molar-refractivity contribution in [3.63, 3.8) is 0 Å². The van der Waals surface area contributed by atoms with E-state index in [1.165, 1.54) is 0 Å². The Morgan fingerprint density at radius 2 is 1.89 bits per heavy atom. The van der Waals surface area contributed by atoms with Crippen LogP contribution in [0.3, 0.4) is 0 Å². The van der Waals surface area contributed by atoms with Gasteiger partial charge in [-0.25, -0.2) is 13.1 Å². The smallest absolute Gasteiger partial charge is 0.215 e. The van der Waals surface area contributed by atoms with Crippen molar-refractivity contribution in [2.75, 3.05) is 25.5 Å². The summed E-state index contributed by atoms with van der Waals surface area (Å²) in [6.07, 6.45) is 1.55. The predicted octanol–water partition coefficient (Wildman–Crippen LogP) is 1.19. The molecule has 0 heterocycles. The van der Waals surface area contributed by atoms with Crippen LogP contribution in [-0.4, -0.2) is 34.3 Å². The number of nitrogens with zero attached hydrogens (tertiary/aromatic N) is 1. The molecule has 2 rings (SSSR count). The van der Waals surface area contributed by atoms with Gasteiger partial charge in [0.1, 0.15) is 0 Å². The van der Waals surface area contributed by atoms with Crippen molar-refractivity contribution in [2.24, 2.45) is 0 Å². The van der Waals surface area contributed by atoms with E-state index in [0.29, 0.717) is 0 Å². The van der Waals surface area contributed by atoms with Crippen LogP contribution in [-0.2, 0) is 10.0 Å². The highest BCUT2D eigenvalue weighted by Crippen LogP contribution is 2.27. The molecule has 1 fully saturated rings. The summed E-state index contributed by atoms with van der Waals surface area (Å²) in [5.41, 5.74) is 2.00. The lowest BCUT2D eigenvalue weighted by molar-refractivity contribution is 0.584. The number of rotatable bonds is 4. The summed E-state index contributed by atoms with van der Waals surface area (Å²) >= 11 is 0. The predicted molar refractivity (Wildman–Crippen MR) is 77.6 cm³/mol. The number of nitrogens with one attached hydrogen (secondary N) is 1. The third-order valence-corrected chi connectivity index (χ3v) is 4.84. The average Bonchev–Trinajstić information content (AvgIpc) is 3.20. The lowest BCUT2D eigenvalue weighted by Crippen LogP contribution is -2.27. The molecule has 1 aliphatic rings. The minimum absolute atomic E-state index is 0.175. The van der Waals surface area contributed by atoms with Gasteiger partial charge in [-0.15, -0.1) is 0 Å². The van der Waals surface area contributed by atoms with Crippen molar-refractivity contribution < 1.29 is 8.42 Å². The maximum Gasteiger partial charge on any atom is 0.215 e. The Morgan fingerprint density at radius 3 is 2.42 bits per heavy atom. The summed E-state index contributed by atoms with van der Waals surface area (Å²) in [6.45, 7) is 0.175. The van der Waals surface area contributed by atoms with Crippen molar-refractivity contribution in [3.8, 4) is 11.8 Å². The molecular weight excluding hydrogens is 260 g/mol. The molecule has 0 spiro atoms. The van der Waals surface area contributed by atoms with Crippen molar-refractivity contribution in [2.45, 2.75) is 18.1 Å². The first-order valence-electron chi connectivity index (χ1n) is 6.24. The second kappa shape index (κ2) is 5.64. The second-order valence-electron chi connectivity index (χ2n) is 4.81. The molecule has 0 saturated heterocycles. The van der Waals surface area contributed by atoms with Crippen LogP contribution in [0.1, 0.15) is 18.4 Å². The van der Waals surface area contributed by atoms with Crippen LogP contribution in [0.2, 0.25) is 0 Å². The fourth-order valence-electron chi connectivity index (χ4n) is 1.62. The van der Waals surface area contributed by atoms with Gasteiger partial charge in [0, 0.05) is 25.3 Å². The van der Waals surface area contributed by atoms with Crippen LogP contribution in [0.25, 0.3) is 0 Å². The largest absolute Gasteiger partial charge is 0.378 e. The van der Waals surface area contributed by atoms with Gasteiger partial charge in [-0.3, -0.25) is 0 Å². The zero-order valence-corrected chi connectivity index (χ0v) is 12.0. The van der Waals surface area contributed by atoms with Crippen molar-refractivity contribution in [1.82, 2.24) is 4.72 Å². The summed E-state index contributed by atoms with van der Waals surface area (Å²) in [5, 5.41) is -0.186. The monoisotopic (exact) mass is 278 g/mol. The van der Waals surface area contributed by atoms with Gasteiger partial charge in [0.05, 0.1) is 11.8 Å². The molecule has 0 atom stereocenters. The second-order valence-corrected chi connectivity index (χ2v) is 6.85. The Hall–Kier alpha value is -1.51. The van der Waals surface area contributed by atoms with E-state index in [-0.39, 0.29) is 11.8 Å². The van der Waals surface area contributed by atoms with Crippen molar-refractivity contribution in [3.05, 3.63) is 29.8 Å². The molecular formula is C14H18N2O2S. The molecule has 1 aromatic carbocycles. The standard InChI is InChI=1S/C14H18N2O2S/c1-16(2)13-7-5-12(6-8-13)4-3-11-15-19(17,18)14-9-10-14/h5-8,14-15H,9-11H2,1-2H3. The Balaban J connectivity index is 1.89. The molecule has 19 heavy (non-hydrogen) atoms. The molecule has 0 amide bonds. The number of hydrogen-bond donors (Lipinski definition) is 1. The van der Waals surface area contributed by atoms with Crippen LogP contribution in [0.4, 0.5) is 5.69 Å². The fourth-order valence-corrected chi connectivity index (χ4v) is 2.89. The highest BCUT2D eigenvalue weighted by molar-refractivity contribution is 7.90. The first kappa shape index (κ1) is 13.9. The Labute approximate surface area is 114 Å². The van der Waals surface area contributed by atoms with E-state index in [9.17, 15) is 8.42 Å². The van der Waals surface area contributed by atoms with E-state index in [2.05, 4.69) is 16.6 Å². The molecule has 1 saturated carbocycles. The minimum Gasteiger partial charge on any atom is -0.378 e. The van der Waals surface area contributed by atoms with Gasteiger partial charge in [-0.05, 0) is 37.1 Å². The SMILES string of the molecule is CN(C)c1ccc(C#CCNS(=O)(=O)C2CC2)cc1. The quantitative estimate of drug-likeness (QED) is 0.842. The number of anilines is 1. The van der Waals surface area contributed by atoms with E-state index in [4.69, 9.17) is 0 Å². The summed E-state index contributed by atoms with van der Waals surface area (Å²) in [5.74, 6) is 5.78. The average molecular weight is 278 g/mol. The molecule has 1 N–H and O–H groups in total. The normalized spacial score (nSPS) is 14.6. The lowest BCUT2D eigenvalue weighted by atomic mass is 10.2. The molecule has 0 bridgehead atoms. The number of sulfonamides is 1. The fraction of sp³-hybridized carbons (Fsp3) is 0.429. The molecule has 5 heteroatoms. The number of benzene rings is 1. The Kier molecular flexibility index (Phi) is 4.13. The van der Waals surface area contributed by atoms with Gasteiger partial charge in [0.15, 0.2) is 0 Å². The first-order valence-corrected chi connectivity index (χ1v) is 7.78. The summed E-state index contributed by atoms with van der Waals surface area (Å²) < 4.78 is 25.6. The summed E-state index contributed by atoms with van der Waals surface area (Å²) in [4.78, 5) is 2.01. The van der Waals surface area contributed by atoms with E-state index in [1.807, 2.05) is 43.3 Å². The minimum atomic E-state index is -3.12. The van der Waals surface area contributed by atoms with Crippen LogP contribution >= 0.6 is 0 Å². The highest BCUT2D eigenvalue weighted by atomic mass is 32.2. The van der Waals surface area contributed by atoms with Gasteiger partial charge in [0.25, 0.3) is 0 Å². The van der Waals surface area contributed by atoms with Crippen LogP contribution < -0.4 is 9.62 Å². The molecule has 0 radical (unpaired) electrons. The van der Waals surface area contributed by atoms with Gasteiger partial charge in [0.2, 0.25) is 10.0 Å². The third kappa shape index (κ3) is 3.98. The highest BCUT2D eigenvalue weighted by Gasteiger charge is 2.34. The topological polar surface area (TPSA) is 49.4 Å². The summed E-state index contributed by atoms with van der Waals surface area (Å²) in [7, 11) is 0.840. The molecule has 0 unspecified atom stereocenters. The molecule has 1 aromatic rings. The van der Waals surface area contributed by atoms with Crippen LogP contribution in [0, 0.1) is 11.8 Å². The van der Waals surface area contributed by atoms with Gasteiger partial charge in [-0.1, -0.05) is 11.8 Å². The van der Waals surface area contributed by atoms with E-state index >= 15 is 0 Å². The van der Waals surface area contributed by atoms with Crippen LogP contribution in [0.15, 0.2) is 24.3 Å². The van der Waals surface area contributed by atoms with Crippen LogP contribution in [0.5, 0.6) is 0 Å². The summed E-state index contributed by atoms with van der Waals surface area (Å²) in [6, 6.07) is 7.83. The first-order chi connectivity index (χ1) is 8.99. The molecule has 0 aromatic heterocycles. The Bertz CT molecular complexity index is 591. The maximum absolute atomic E-state index is 11.5. The van der Waals surface area contributed by atoms with Gasteiger partial charge in [-0.2, -0.15) is 0 Å². The van der Waals surface area contributed by atoms with Gasteiger partial charge < -0.3 is 4.90 Å². The Morgan fingerprint density at radius 1 is 1.26 bits per heavy atom. The zero-order valence-electron chi connectivity index (χ0n) is 11.2. The molecule has 0 aliphatic heterocycles. The van der Waals surface area contributed by atoms with E-state index < -0.39 is 10.0 Å². The molecule has 102 valence electrons. The van der Waals surface area contributed by atoms with E-state index in [1.54, 1.807) is 0 Å². The van der Waals surface area contributed by atoms with Gasteiger partial charge >= 0.3 is 0 Å². The maximum atomic E-state index is 11.5. The van der Waals surface area contributed by atoms with Crippen molar-refractivity contribution in [1.29, 1.82) is 0 Å². The molecule has 1 aliphatic carbocycles. The zero-order chi connectivity index (χ0) is 13.9. The van der Waals surface area contributed by atoms with Crippen molar-refractivity contribution >= 4 is 15.7 Å². The van der Waals surface area contributed by atoms with E-state index in [0.717, 1.165) is 24.1 Å². The number of hydrogen-bond acceptors (Lipinski definition) is 3. The molecule has 4 nitrogen and oxygen atoms in total.